The Hall–Kier alpha value is -2.29. The summed E-state index contributed by atoms with van der Waals surface area (Å²) in [5.41, 5.74) is 1.55. The molecule has 1 unspecified atom stereocenters. The van der Waals surface area contributed by atoms with Crippen molar-refractivity contribution in [3.05, 3.63) is 71.8 Å². The summed E-state index contributed by atoms with van der Waals surface area (Å²) in [5, 5.41) is 17.8. The van der Waals surface area contributed by atoms with Gasteiger partial charge in [-0.15, -0.1) is 0 Å². The number of benzene rings is 2. The molecule has 5 heteroatoms. The maximum absolute atomic E-state index is 8.76. The van der Waals surface area contributed by atoms with Crippen molar-refractivity contribution in [1.29, 1.82) is 5.26 Å². The summed E-state index contributed by atoms with van der Waals surface area (Å²) >= 11 is 9.57. The first-order valence-corrected chi connectivity index (χ1v) is 7.84. The molecule has 0 saturated heterocycles. The lowest BCUT2D eigenvalue weighted by atomic mass is 10.2. The second kappa shape index (κ2) is 10.4. The molecule has 0 aliphatic heterocycles. The molecular formula is C18H17NO2S2. The van der Waals surface area contributed by atoms with Crippen LogP contribution in [0.2, 0.25) is 0 Å². The van der Waals surface area contributed by atoms with E-state index in [9.17, 15) is 0 Å². The monoisotopic (exact) mass is 343 g/mol. The van der Waals surface area contributed by atoms with E-state index in [2.05, 4.69) is 12.2 Å². The predicted octanol–water partition coefficient (Wildman–Crippen LogP) is 4.60. The summed E-state index contributed by atoms with van der Waals surface area (Å²) in [4.78, 5) is 0. The van der Waals surface area contributed by atoms with Gasteiger partial charge in [0.2, 0.25) is 0 Å². The molecule has 0 aliphatic carbocycles. The maximum Gasteiger partial charge on any atom is 0.192 e. The Morgan fingerprint density at radius 3 is 1.87 bits per heavy atom. The minimum atomic E-state index is -0.442. The maximum atomic E-state index is 8.76. The number of aliphatic hydroxyl groups is 1. The van der Waals surface area contributed by atoms with E-state index in [4.69, 9.17) is 27.3 Å². The van der Waals surface area contributed by atoms with E-state index in [1.165, 1.54) is 0 Å². The van der Waals surface area contributed by atoms with Crippen molar-refractivity contribution in [2.75, 3.05) is 0 Å². The van der Waals surface area contributed by atoms with E-state index in [1.807, 2.05) is 61.5 Å². The van der Waals surface area contributed by atoms with Crippen LogP contribution in [-0.2, 0) is 4.74 Å². The fraction of sp³-hybridized carbons (Fsp3) is 0.167. The fourth-order valence-electron chi connectivity index (χ4n) is 1.55. The molecule has 1 atom stereocenters. The van der Waals surface area contributed by atoms with Crippen LogP contribution in [0.4, 0.5) is 0 Å². The highest BCUT2D eigenvalue weighted by Gasteiger charge is 2.09. The van der Waals surface area contributed by atoms with Gasteiger partial charge in [0.25, 0.3) is 0 Å². The van der Waals surface area contributed by atoms with Crippen LogP contribution in [0.3, 0.4) is 0 Å². The van der Waals surface area contributed by atoms with Gasteiger partial charge in [0.15, 0.2) is 16.2 Å². The zero-order valence-corrected chi connectivity index (χ0v) is 14.3. The molecule has 0 amide bonds. The molecule has 2 aromatic carbocycles. The van der Waals surface area contributed by atoms with Crippen LogP contribution in [-0.4, -0.2) is 21.3 Å². The van der Waals surface area contributed by atoms with Gasteiger partial charge in [-0.05, 0) is 30.9 Å². The first-order valence-electron chi connectivity index (χ1n) is 7.02. The predicted molar refractivity (Wildman–Crippen MR) is 99.7 cm³/mol. The molecule has 2 aromatic rings. The highest BCUT2D eigenvalue weighted by molar-refractivity contribution is 7.80. The summed E-state index contributed by atoms with van der Waals surface area (Å²) in [5.74, 6) is 0. The Labute approximate surface area is 147 Å². The lowest BCUT2D eigenvalue weighted by Gasteiger charge is -2.10. The van der Waals surface area contributed by atoms with Gasteiger partial charge in [-0.1, -0.05) is 67.6 Å². The van der Waals surface area contributed by atoms with Gasteiger partial charge < -0.3 is 9.84 Å². The van der Waals surface area contributed by atoms with Crippen molar-refractivity contribution in [2.45, 2.75) is 19.4 Å². The van der Waals surface area contributed by atoms with Crippen molar-refractivity contribution in [3.63, 3.8) is 0 Å². The minimum Gasteiger partial charge on any atom is -0.499 e. The van der Waals surface area contributed by atoms with Crippen LogP contribution in [0.25, 0.3) is 0 Å². The van der Waals surface area contributed by atoms with Crippen molar-refractivity contribution >= 4 is 34.5 Å². The van der Waals surface area contributed by atoms with Gasteiger partial charge >= 0.3 is 0 Å². The SMILES string of the molecule is CCC(C#N)OC(=S)c1ccccc1.OC(=S)c1ccccc1. The topological polar surface area (TPSA) is 53.2 Å². The minimum absolute atomic E-state index is 0.0457. The van der Waals surface area contributed by atoms with Crippen molar-refractivity contribution in [3.8, 4) is 6.07 Å². The third kappa shape index (κ3) is 7.00. The summed E-state index contributed by atoms with van der Waals surface area (Å²) in [7, 11) is 0. The molecule has 0 radical (unpaired) electrons. The lowest BCUT2D eigenvalue weighted by molar-refractivity contribution is 0.246. The third-order valence-corrected chi connectivity index (χ3v) is 3.36. The van der Waals surface area contributed by atoms with E-state index in [-0.39, 0.29) is 5.05 Å². The zero-order chi connectivity index (χ0) is 17.1. The van der Waals surface area contributed by atoms with Crippen LogP contribution < -0.4 is 0 Å². The quantitative estimate of drug-likeness (QED) is 0.822. The van der Waals surface area contributed by atoms with Crippen LogP contribution in [0.5, 0.6) is 0 Å². The van der Waals surface area contributed by atoms with E-state index in [0.29, 0.717) is 17.0 Å². The summed E-state index contributed by atoms with van der Waals surface area (Å²) in [6.07, 6.45) is 0.200. The van der Waals surface area contributed by atoms with Crippen LogP contribution in [0.1, 0.15) is 24.5 Å². The van der Waals surface area contributed by atoms with Crippen LogP contribution >= 0.6 is 24.4 Å². The average molecular weight is 343 g/mol. The molecular weight excluding hydrogens is 326 g/mol. The molecule has 0 bridgehead atoms. The molecule has 0 aromatic heterocycles. The molecule has 2 rings (SSSR count). The molecule has 0 fully saturated rings. The van der Waals surface area contributed by atoms with Crippen LogP contribution in [0.15, 0.2) is 60.7 Å². The van der Waals surface area contributed by atoms with Gasteiger partial charge in [-0.25, -0.2) is 0 Å². The van der Waals surface area contributed by atoms with E-state index in [1.54, 1.807) is 12.1 Å². The molecule has 0 aliphatic rings. The van der Waals surface area contributed by atoms with E-state index < -0.39 is 6.10 Å². The molecule has 0 saturated carbocycles. The molecule has 0 heterocycles. The van der Waals surface area contributed by atoms with Gasteiger partial charge in [-0.2, -0.15) is 5.26 Å². The highest BCUT2D eigenvalue weighted by Crippen LogP contribution is 2.06. The first-order chi connectivity index (χ1) is 11.1. The number of nitriles is 1. The van der Waals surface area contributed by atoms with E-state index in [0.717, 1.165) is 5.56 Å². The van der Waals surface area contributed by atoms with Crippen LogP contribution in [0, 0.1) is 11.3 Å². The fourth-order valence-corrected chi connectivity index (χ4v) is 1.94. The Bertz CT molecular complexity index is 666. The third-order valence-electron chi connectivity index (χ3n) is 2.79. The normalized spacial score (nSPS) is 10.4. The Morgan fingerprint density at radius 2 is 1.52 bits per heavy atom. The smallest absolute Gasteiger partial charge is 0.192 e. The van der Waals surface area contributed by atoms with Gasteiger partial charge in [0.1, 0.15) is 6.07 Å². The number of hydrogen-bond acceptors (Lipinski definition) is 4. The number of thiocarbonyl (C=S) groups is 2. The Balaban J connectivity index is 0.000000253. The number of ether oxygens (including phenoxy) is 1. The summed E-state index contributed by atoms with van der Waals surface area (Å²) in [6.45, 7) is 1.89. The van der Waals surface area contributed by atoms with E-state index >= 15 is 0 Å². The number of rotatable bonds is 4. The molecule has 118 valence electrons. The number of hydrogen-bond donors (Lipinski definition) is 1. The summed E-state index contributed by atoms with van der Waals surface area (Å²) in [6, 6.07) is 20.5. The van der Waals surface area contributed by atoms with Crippen molar-refractivity contribution < 1.29 is 9.84 Å². The molecule has 23 heavy (non-hydrogen) atoms. The summed E-state index contributed by atoms with van der Waals surface area (Å²) < 4.78 is 5.31. The standard InChI is InChI=1S/C11H11NOS.C7H6OS/c1-2-10(8-12)13-11(14)9-6-4-3-5-7-9;8-7(9)6-4-2-1-3-5-6/h3-7,10H,2H2,1H3;1-5H,(H,8,9). The number of nitrogens with zero attached hydrogens (tertiary/aromatic N) is 1. The average Bonchev–Trinajstić information content (AvgIpc) is 2.61. The zero-order valence-electron chi connectivity index (χ0n) is 12.7. The van der Waals surface area contributed by atoms with Gasteiger partial charge in [0.05, 0.1) is 0 Å². The van der Waals surface area contributed by atoms with Gasteiger partial charge in [0, 0.05) is 11.1 Å². The van der Waals surface area contributed by atoms with Crippen molar-refractivity contribution in [1.82, 2.24) is 0 Å². The lowest BCUT2D eigenvalue weighted by Crippen LogP contribution is -2.14. The Morgan fingerprint density at radius 1 is 1.04 bits per heavy atom. The van der Waals surface area contributed by atoms with Gasteiger partial charge in [-0.3, -0.25) is 0 Å². The largest absolute Gasteiger partial charge is 0.499 e. The molecule has 3 nitrogen and oxygen atoms in total. The first kappa shape index (κ1) is 18.8. The second-order valence-corrected chi connectivity index (χ2v) is 5.23. The Kier molecular flexibility index (Phi) is 8.51. The number of aliphatic hydroxyl groups excluding tert-OH is 1. The molecule has 0 spiro atoms. The highest BCUT2D eigenvalue weighted by atomic mass is 32.1. The van der Waals surface area contributed by atoms with Crippen molar-refractivity contribution in [2.24, 2.45) is 0 Å². The molecule has 1 N–H and O–H groups in total. The second-order valence-electron chi connectivity index (χ2n) is 4.47.